The van der Waals surface area contributed by atoms with Crippen LogP contribution in [0.2, 0.25) is 0 Å². The minimum atomic E-state index is -0.307. The summed E-state index contributed by atoms with van der Waals surface area (Å²) in [6.07, 6.45) is 2.89. The topological polar surface area (TPSA) is 67.8 Å². The standard InChI is InChI=1S/C10H9BrN4OS/c1-5-6(2)17-10(14-5)15-9(16)7-3-13-8(11)4-12-7/h3-4H,1-2H3,(H,14,15,16). The van der Waals surface area contributed by atoms with E-state index in [1.165, 1.54) is 23.7 Å². The van der Waals surface area contributed by atoms with Crippen molar-refractivity contribution in [3.05, 3.63) is 33.3 Å². The van der Waals surface area contributed by atoms with Gasteiger partial charge < -0.3 is 0 Å². The molecule has 2 aromatic rings. The number of thiazole rings is 1. The minimum Gasteiger partial charge on any atom is -0.296 e. The second-order valence-electron chi connectivity index (χ2n) is 3.34. The zero-order valence-corrected chi connectivity index (χ0v) is 11.6. The van der Waals surface area contributed by atoms with E-state index in [2.05, 4.69) is 36.2 Å². The molecule has 5 nitrogen and oxygen atoms in total. The predicted molar refractivity (Wildman–Crippen MR) is 69.3 cm³/mol. The van der Waals surface area contributed by atoms with E-state index in [4.69, 9.17) is 0 Å². The third-order valence-corrected chi connectivity index (χ3v) is 3.50. The maximum absolute atomic E-state index is 11.8. The second-order valence-corrected chi connectivity index (χ2v) is 5.35. The van der Waals surface area contributed by atoms with E-state index in [0.717, 1.165) is 10.6 Å². The first-order chi connectivity index (χ1) is 8.06. The summed E-state index contributed by atoms with van der Waals surface area (Å²) in [6.45, 7) is 3.86. The number of hydrogen-bond acceptors (Lipinski definition) is 5. The number of nitrogens with zero attached hydrogens (tertiary/aromatic N) is 3. The van der Waals surface area contributed by atoms with Gasteiger partial charge in [-0.05, 0) is 29.8 Å². The molecule has 1 N–H and O–H groups in total. The van der Waals surface area contributed by atoms with Crippen molar-refractivity contribution < 1.29 is 4.79 Å². The van der Waals surface area contributed by atoms with Crippen LogP contribution in [0.5, 0.6) is 0 Å². The summed E-state index contributed by atoms with van der Waals surface area (Å²) in [5.41, 5.74) is 1.19. The fourth-order valence-corrected chi connectivity index (χ4v) is 2.13. The zero-order valence-electron chi connectivity index (χ0n) is 9.19. The fourth-order valence-electron chi connectivity index (χ4n) is 1.12. The normalized spacial score (nSPS) is 10.3. The molecule has 0 aromatic carbocycles. The number of amides is 1. The van der Waals surface area contributed by atoms with E-state index in [0.29, 0.717) is 9.73 Å². The summed E-state index contributed by atoms with van der Waals surface area (Å²) in [5, 5.41) is 3.27. The van der Waals surface area contributed by atoms with Gasteiger partial charge in [0, 0.05) is 4.88 Å². The Balaban J connectivity index is 2.14. The molecular weight excluding hydrogens is 304 g/mol. The summed E-state index contributed by atoms with van der Waals surface area (Å²) in [7, 11) is 0. The lowest BCUT2D eigenvalue weighted by Gasteiger charge is -1.99. The smallest absolute Gasteiger partial charge is 0.277 e. The van der Waals surface area contributed by atoms with Gasteiger partial charge in [0.1, 0.15) is 10.3 Å². The number of carbonyl (C=O) groups excluding carboxylic acids is 1. The summed E-state index contributed by atoms with van der Waals surface area (Å²) in [6, 6.07) is 0. The number of hydrogen-bond donors (Lipinski definition) is 1. The van der Waals surface area contributed by atoms with Crippen LogP contribution in [0.15, 0.2) is 17.0 Å². The van der Waals surface area contributed by atoms with Gasteiger partial charge >= 0.3 is 0 Å². The van der Waals surface area contributed by atoms with E-state index in [9.17, 15) is 4.79 Å². The quantitative estimate of drug-likeness (QED) is 0.925. The lowest BCUT2D eigenvalue weighted by atomic mass is 10.4. The van der Waals surface area contributed by atoms with Crippen LogP contribution in [0.4, 0.5) is 5.13 Å². The van der Waals surface area contributed by atoms with Crippen LogP contribution >= 0.6 is 27.3 Å². The molecule has 0 saturated heterocycles. The van der Waals surface area contributed by atoms with Crippen molar-refractivity contribution in [3.8, 4) is 0 Å². The molecule has 0 fully saturated rings. The molecule has 88 valence electrons. The molecule has 0 unspecified atom stereocenters. The largest absolute Gasteiger partial charge is 0.296 e. The molecule has 0 aliphatic rings. The van der Waals surface area contributed by atoms with Gasteiger partial charge in [-0.2, -0.15) is 0 Å². The molecular formula is C10H9BrN4OS. The van der Waals surface area contributed by atoms with Crippen molar-refractivity contribution in [2.24, 2.45) is 0 Å². The third-order valence-electron chi connectivity index (χ3n) is 2.10. The highest BCUT2D eigenvalue weighted by atomic mass is 79.9. The summed E-state index contributed by atoms with van der Waals surface area (Å²) in [5.74, 6) is -0.307. The van der Waals surface area contributed by atoms with Crippen molar-refractivity contribution in [1.29, 1.82) is 0 Å². The summed E-state index contributed by atoms with van der Waals surface area (Å²) < 4.78 is 0.593. The average molecular weight is 313 g/mol. The van der Waals surface area contributed by atoms with Crippen molar-refractivity contribution in [2.75, 3.05) is 5.32 Å². The highest BCUT2D eigenvalue weighted by Crippen LogP contribution is 2.21. The van der Waals surface area contributed by atoms with Crippen molar-refractivity contribution in [2.45, 2.75) is 13.8 Å². The highest BCUT2D eigenvalue weighted by molar-refractivity contribution is 9.10. The minimum absolute atomic E-state index is 0.263. The van der Waals surface area contributed by atoms with Gasteiger partial charge in [0.25, 0.3) is 5.91 Å². The molecule has 0 bridgehead atoms. The highest BCUT2D eigenvalue weighted by Gasteiger charge is 2.11. The monoisotopic (exact) mass is 312 g/mol. The number of halogens is 1. The van der Waals surface area contributed by atoms with Crippen LogP contribution in [0.1, 0.15) is 21.1 Å². The number of carbonyl (C=O) groups is 1. The fraction of sp³-hybridized carbons (Fsp3) is 0.200. The Labute approximate surface area is 110 Å². The first-order valence-corrected chi connectivity index (χ1v) is 6.40. The van der Waals surface area contributed by atoms with E-state index in [1.54, 1.807) is 0 Å². The van der Waals surface area contributed by atoms with E-state index in [-0.39, 0.29) is 11.6 Å². The molecule has 7 heteroatoms. The van der Waals surface area contributed by atoms with E-state index in [1.807, 2.05) is 13.8 Å². The Kier molecular flexibility index (Phi) is 3.49. The van der Waals surface area contributed by atoms with E-state index < -0.39 is 0 Å². The van der Waals surface area contributed by atoms with Crippen LogP contribution in [-0.2, 0) is 0 Å². The first kappa shape index (κ1) is 12.1. The van der Waals surface area contributed by atoms with E-state index >= 15 is 0 Å². The molecule has 0 saturated carbocycles. The Morgan fingerprint density at radius 1 is 1.35 bits per heavy atom. The molecule has 0 aliphatic heterocycles. The van der Waals surface area contributed by atoms with Gasteiger partial charge in [0.05, 0.1) is 18.1 Å². The van der Waals surface area contributed by atoms with Crippen LogP contribution in [0, 0.1) is 13.8 Å². The first-order valence-electron chi connectivity index (χ1n) is 4.79. The van der Waals surface area contributed by atoms with Crippen LogP contribution in [0.3, 0.4) is 0 Å². The predicted octanol–water partition coefficient (Wildman–Crippen LogP) is 2.56. The molecule has 2 heterocycles. The lowest BCUT2D eigenvalue weighted by molar-refractivity contribution is 0.102. The molecule has 2 aromatic heterocycles. The maximum atomic E-state index is 11.8. The third kappa shape index (κ3) is 2.86. The van der Waals surface area contributed by atoms with Gasteiger partial charge in [-0.3, -0.25) is 10.1 Å². The number of rotatable bonds is 2. The van der Waals surface area contributed by atoms with Crippen molar-refractivity contribution in [3.63, 3.8) is 0 Å². The van der Waals surface area contributed by atoms with Gasteiger partial charge in [-0.25, -0.2) is 15.0 Å². The van der Waals surface area contributed by atoms with Gasteiger partial charge in [0.2, 0.25) is 0 Å². The summed E-state index contributed by atoms with van der Waals surface area (Å²) in [4.78, 5) is 25.0. The number of aryl methyl sites for hydroxylation is 2. The second kappa shape index (κ2) is 4.89. The number of aromatic nitrogens is 3. The summed E-state index contributed by atoms with van der Waals surface area (Å²) >= 11 is 4.60. The molecule has 2 rings (SSSR count). The van der Waals surface area contributed by atoms with Crippen molar-refractivity contribution >= 4 is 38.3 Å². The zero-order chi connectivity index (χ0) is 12.4. The maximum Gasteiger partial charge on any atom is 0.277 e. The Morgan fingerprint density at radius 3 is 2.65 bits per heavy atom. The molecule has 0 spiro atoms. The van der Waals surface area contributed by atoms with Crippen LogP contribution in [0.25, 0.3) is 0 Å². The molecule has 0 aliphatic carbocycles. The molecule has 17 heavy (non-hydrogen) atoms. The van der Waals surface area contributed by atoms with Crippen molar-refractivity contribution in [1.82, 2.24) is 15.0 Å². The number of anilines is 1. The Bertz CT molecular complexity index is 532. The molecule has 0 atom stereocenters. The SMILES string of the molecule is Cc1nc(NC(=O)c2cnc(Br)cn2)sc1C. The van der Waals surface area contributed by atoms with Gasteiger partial charge in [-0.15, -0.1) is 11.3 Å². The Hall–Kier alpha value is -1.34. The lowest BCUT2D eigenvalue weighted by Crippen LogP contribution is -2.13. The number of nitrogens with one attached hydrogen (secondary N) is 1. The van der Waals surface area contributed by atoms with Gasteiger partial charge in [0.15, 0.2) is 5.13 Å². The van der Waals surface area contributed by atoms with Crippen LogP contribution in [-0.4, -0.2) is 20.9 Å². The Morgan fingerprint density at radius 2 is 2.12 bits per heavy atom. The molecule has 1 amide bonds. The van der Waals surface area contributed by atoms with Crippen LogP contribution < -0.4 is 5.32 Å². The van der Waals surface area contributed by atoms with Gasteiger partial charge in [-0.1, -0.05) is 0 Å². The average Bonchev–Trinajstić information content (AvgIpc) is 2.58. The molecule has 0 radical (unpaired) electrons.